The van der Waals surface area contributed by atoms with Gasteiger partial charge in [-0.15, -0.1) is 0 Å². The molecule has 1 aliphatic rings. The van der Waals surface area contributed by atoms with Crippen LogP contribution in [0.4, 0.5) is 0 Å². The minimum absolute atomic E-state index is 0.478. The Hall–Kier alpha value is -1.32. The highest BCUT2D eigenvalue weighted by molar-refractivity contribution is 5.82. The fraction of sp³-hybridized carbons (Fsp3) is 0.556. The molecule has 0 bridgehead atoms. The van der Waals surface area contributed by atoms with Gasteiger partial charge in [0.1, 0.15) is 0 Å². The van der Waals surface area contributed by atoms with Crippen molar-refractivity contribution in [2.75, 3.05) is 0 Å². The zero-order chi connectivity index (χ0) is 14.8. The number of rotatable bonds is 5. The van der Waals surface area contributed by atoms with Gasteiger partial charge in [0.15, 0.2) is 0 Å². The molecule has 1 saturated carbocycles. The van der Waals surface area contributed by atoms with Gasteiger partial charge in [-0.3, -0.25) is 0 Å². The maximum Gasteiger partial charge on any atom is 0.0485 e. The summed E-state index contributed by atoms with van der Waals surface area (Å²) in [7, 11) is 0. The largest absolute Gasteiger partial charge is 0.341 e. The Balaban J connectivity index is 1.90. The fourth-order valence-corrected chi connectivity index (χ4v) is 3.59. The smallest absolute Gasteiger partial charge is 0.0485 e. The Kier molecular flexibility index (Phi) is 4.32. The van der Waals surface area contributed by atoms with Crippen LogP contribution in [0.5, 0.6) is 0 Å². The maximum atomic E-state index is 5.77. The number of benzene rings is 1. The molecule has 3 heteroatoms. The first-order chi connectivity index (χ1) is 10.2. The van der Waals surface area contributed by atoms with E-state index >= 15 is 0 Å². The lowest BCUT2D eigenvalue weighted by molar-refractivity contribution is 0.497. The summed E-state index contributed by atoms with van der Waals surface area (Å²) in [5.74, 6) is 0. The highest BCUT2D eigenvalue weighted by atomic mass is 15.0. The summed E-state index contributed by atoms with van der Waals surface area (Å²) in [5, 5.41) is 5.05. The third kappa shape index (κ3) is 2.99. The number of fused-ring (bicyclic) bond motifs is 1. The molecule has 2 aromatic rings. The predicted octanol–water partition coefficient (Wildman–Crippen LogP) is 3.71. The monoisotopic (exact) mass is 285 g/mol. The molecule has 1 aromatic carbocycles. The minimum Gasteiger partial charge on any atom is -0.341 e. The molecule has 21 heavy (non-hydrogen) atoms. The van der Waals surface area contributed by atoms with Crippen molar-refractivity contribution in [3.8, 4) is 0 Å². The zero-order valence-corrected chi connectivity index (χ0v) is 13.2. The summed E-state index contributed by atoms with van der Waals surface area (Å²) in [4.78, 5) is 0. The van der Waals surface area contributed by atoms with Crippen LogP contribution in [-0.4, -0.2) is 10.6 Å². The number of nitrogens with zero attached hydrogens (tertiary/aromatic N) is 1. The standard InChI is InChI=1S/C18H27N3/c1-13(2)21-17(12-20-16-5-3-4-6-16)10-15-9-14(11-19)7-8-18(15)21/h7-10,13,16,20H,3-6,11-12,19H2,1-2H3. The molecule has 0 spiro atoms. The minimum atomic E-state index is 0.478. The molecule has 3 N–H and O–H groups in total. The molecule has 1 aliphatic carbocycles. The number of nitrogens with one attached hydrogen (secondary N) is 1. The van der Waals surface area contributed by atoms with Crippen LogP contribution in [0.25, 0.3) is 10.9 Å². The summed E-state index contributed by atoms with van der Waals surface area (Å²) in [6.07, 6.45) is 5.42. The third-order valence-corrected chi connectivity index (χ3v) is 4.66. The van der Waals surface area contributed by atoms with Crippen molar-refractivity contribution in [1.82, 2.24) is 9.88 Å². The van der Waals surface area contributed by atoms with Crippen molar-refractivity contribution in [3.05, 3.63) is 35.5 Å². The van der Waals surface area contributed by atoms with E-state index < -0.39 is 0 Å². The van der Waals surface area contributed by atoms with Gasteiger partial charge in [0.05, 0.1) is 0 Å². The predicted molar refractivity (Wildman–Crippen MR) is 89.3 cm³/mol. The first-order valence-corrected chi connectivity index (χ1v) is 8.25. The Morgan fingerprint density at radius 1 is 1.24 bits per heavy atom. The lowest BCUT2D eigenvalue weighted by atomic mass is 10.1. The van der Waals surface area contributed by atoms with E-state index in [2.05, 4.69) is 48.0 Å². The van der Waals surface area contributed by atoms with Crippen LogP contribution >= 0.6 is 0 Å². The second-order valence-corrected chi connectivity index (χ2v) is 6.56. The van der Waals surface area contributed by atoms with Crippen LogP contribution in [0, 0.1) is 0 Å². The van der Waals surface area contributed by atoms with E-state index in [1.54, 1.807) is 0 Å². The topological polar surface area (TPSA) is 43.0 Å². The van der Waals surface area contributed by atoms with E-state index in [1.165, 1.54) is 47.8 Å². The Labute approximate surface area is 127 Å². The second-order valence-electron chi connectivity index (χ2n) is 6.56. The van der Waals surface area contributed by atoms with Gasteiger partial charge >= 0.3 is 0 Å². The van der Waals surface area contributed by atoms with Crippen LogP contribution in [0.15, 0.2) is 24.3 Å². The summed E-state index contributed by atoms with van der Waals surface area (Å²) in [6, 6.07) is 10.1. The summed E-state index contributed by atoms with van der Waals surface area (Å²) in [6.45, 7) is 6.10. The zero-order valence-electron chi connectivity index (χ0n) is 13.2. The Morgan fingerprint density at radius 2 is 2.00 bits per heavy atom. The molecule has 0 atom stereocenters. The first-order valence-electron chi connectivity index (χ1n) is 8.25. The van der Waals surface area contributed by atoms with Gasteiger partial charge in [-0.2, -0.15) is 0 Å². The van der Waals surface area contributed by atoms with Crippen molar-refractivity contribution in [2.45, 2.75) is 64.7 Å². The van der Waals surface area contributed by atoms with Crippen LogP contribution in [0.1, 0.15) is 56.8 Å². The van der Waals surface area contributed by atoms with Crippen LogP contribution in [-0.2, 0) is 13.1 Å². The summed E-state index contributed by atoms with van der Waals surface area (Å²) < 4.78 is 2.46. The normalized spacial score (nSPS) is 16.4. The number of nitrogens with two attached hydrogens (primary N) is 1. The summed E-state index contributed by atoms with van der Waals surface area (Å²) in [5.41, 5.74) is 9.69. The number of hydrogen-bond acceptors (Lipinski definition) is 2. The maximum absolute atomic E-state index is 5.77. The van der Waals surface area contributed by atoms with Crippen molar-refractivity contribution in [1.29, 1.82) is 0 Å². The van der Waals surface area contributed by atoms with Crippen LogP contribution in [0.3, 0.4) is 0 Å². The van der Waals surface area contributed by atoms with Crippen LogP contribution in [0.2, 0.25) is 0 Å². The van der Waals surface area contributed by atoms with Gasteiger partial charge in [-0.1, -0.05) is 18.9 Å². The van der Waals surface area contributed by atoms with E-state index in [0.29, 0.717) is 18.6 Å². The third-order valence-electron chi connectivity index (χ3n) is 4.66. The Morgan fingerprint density at radius 3 is 2.67 bits per heavy atom. The molecular formula is C18H27N3. The molecule has 1 heterocycles. The molecule has 0 aliphatic heterocycles. The van der Waals surface area contributed by atoms with Gasteiger partial charge in [0.2, 0.25) is 0 Å². The molecule has 3 nitrogen and oxygen atoms in total. The van der Waals surface area contributed by atoms with Gasteiger partial charge in [0, 0.05) is 41.8 Å². The molecule has 0 amide bonds. The van der Waals surface area contributed by atoms with Crippen molar-refractivity contribution in [2.24, 2.45) is 5.73 Å². The first kappa shape index (κ1) is 14.6. The van der Waals surface area contributed by atoms with Crippen molar-refractivity contribution in [3.63, 3.8) is 0 Å². The lowest BCUT2D eigenvalue weighted by Crippen LogP contribution is -2.26. The molecule has 0 radical (unpaired) electrons. The van der Waals surface area contributed by atoms with Crippen molar-refractivity contribution >= 4 is 10.9 Å². The van der Waals surface area contributed by atoms with E-state index in [4.69, 9.17) is 5.73 Å². The Bertz CT molecular complexity index is 606. The molecule has 0 saturated heterocycles. The average Bonchev–Trinajstić information content (AvgIpc) is 3.10. The summed E-state index contributed by atoms with van der Waals surface area (Å²) >= 11 is 0. The van der Waals surface area contributed by atoms with E-state index in [1.807, 2.05) is 0 Å². The van der Waals surface area contributed by atoms with E-state index in [-0.39, 0.29) is 0 Å². The van der Waals surface area contributed by atoms with Gasteiger partial charge in [0.25, 0.3) is 0 Å². The average molecular weight is 285 g/mol. The lowest BCUT2D eigenvalue weighted by Gasteiger charge is -2.17. The van der Waals surface area contributed by atoms with Crippen molar-refractivity contribution < 1.29 is 0 Å². The molecule has 0 unspecified atom stereocenters. The molecule has 1 aromatic heterocycles. The number of aromatic nitrogens is 1. The highest BCUT2D eigenvalue weighted by Gasteiger charge is 2.16. The molecular weight excluding hydrogens is 258 g/mol. The quantitative estimate of drug-likeness (QED) is 0.879. The molecule has 3 rings (SSSR count). The van der Waals surface area contributed by atoms with Gasteiger partial charge in [-0.25, -0.2) is 0 Å². The second kappa shape index (κ2) is 6.20. The molecule has 1 fully saturated rings. The van der Waals surface area contributed by atoms with E-state index in [0.717, 1.165) is 6.54 Å². The van der Waals surface area contributed by atoms with Gasteiger partial charge in [-0.05, 0) is 50.5 Å². The van der Waals surface area contributed by atoms with Crippen LogP contribution < -0.4 is 11.1 Å². The SMILES string of the molecule is CC(C)n1c(CNC2CCCC2)cc2cc(CN)ccc21. The molecule has 114 valence electrons. The number of hydrogen-bond donors (Lipinski definition) is 2. The fourth-order valence-electron chi connectivity index (χ4n) is 3.59. The van der Waals surface area contributed by atoms with Gasteiger partial charge < -0.3 is 15.6 Å². The highest BCUT2D eigenvalue weighted by Crippen LogP contribution is 2.26. The van der Waals surface area contributed by atoms with E-state index in [9.17, 15) is 0 Å².